The van der Waals surface area contributed by atoms with Gasteiger partial charge in [0.25, 0.3) is 0 Å². The number of hydrogen-bond acceptors (Lipinski definition) is 4. The van der Waals surface area contributed by atoms with Crippen molar-refractivity contribution in [1.82, 2.24) is 14.9 Å². The summed E-state index contributed by atoms with van der Waals surface area (Å²) in [5.74, 6) is 1.18. The molecule has 3 rings (SSSR count). The predicted octanol–water partition coefficient (Wildman–Crippen LogP) is 5.46. The Labute approximate surface area is 174 Å². The van der Waals surface area contributed by atoms with Gasteiger partial charge in [-0.25, -0.2) is 4.98 Å². The molecule has 0 spiro atoms. The monoisotopic (exact) mass is 398 g/mol. The van der Waals surface area contributed by atoms with Gasteiger partial charge in [0, 0.05) is 18.7 Å². The molecule has 0 atom stereocenters. The third-order valence-electron chi connectivity index (χ3n) is 5.13. The van der Waals surface area contributed by atoms with Crippen LogP contribution in [-0.4, -0.2) is 33.9 Å². The van der Waals surface area contributed by atoms with Crippen molar-refractivity contribution in [3.05, 3.63) is 64.4 Å². The zero-order chi connectivity index (χ0) is 20.1. The van der Waals surface area contributed by atoms with E-state index < -0.39 is 0 Å². The number of halogens is 1. The van der Waals surface area contributed by atoms with Crippen LogP contribution in [0.5, 0.6) is 0 Å². The van der Waals surface area contributed by atoms with E-state index >= 15 is 0 Å². The highest BCUT2D eigenvalue weighted by Gasteiger charge is 2.21. The average Bonchev–Trinajstić information content (AvgIpc) is 3.03. The van der Waals surface area contributed by atoms with E-state index in [9.17, 15) is 0 Å². The molecule has 0 aliphatic carbocycles. The van der Waals surface area contributed by atoms with Crippen LogP contribution in [0.15, 0.2) is 47.6 Å². The Balaban J connectivity index is 1.57. The fraction of sp³-hybridized carbons (Fsp3) is 0.478. The van der Waals surface area contributed by atoms with Crippen LogP contribution in [0.4, 0.5) is 0 Å². The van der Waals surface area contributed by atoms with E-state index in [1.165, 1.54) is 17.0 Å². The first kappa shape index (κ1) is 20.7. The average molecular weight is 399 g/mol. The molecule has 2 heterocycles. The first-order chi connectivity index (χ1) is 13.3. The van der Waals surface area contributed by atoms with Crippen LogP contribution < -0.4 is 0 Å². The fourth-order valence-corrected chi connectivity index (χ4v) is 3.63. The summed E-state index contributed by atoms with van der Waals surface area (Å²) in [5.41, 5.74) is 3.91. The molecule has 150 valence electrons. The molecule has 0 N–H and O–H groups in total. The lowest BCUT2D eigenvalue weighted by molar-refractivity contribution is 0.231. The molecule has 2 aromatic rings. The molecule has 1 aliphatic rings. The molecule has 1 aromatic heterocycles. The second-order valence-corrected chi connectivity index (χ2v) is 8.82. The van der Waals surface area contributed by atoms with Gasteiger partial charge in [-0.2, -0.15) is 5.10 Å². The van der Waals surface area contributed by atoms with Gasteiger partial charge in [-0.3, -0.25) is 5.01 Å². The van der Waals surface area contributed by atoms with Crippen LogP contribution in [0, 0.1) is 0 Å². The van der Waals surface area contributed by atoms with Gasteiger partial charge in [-0.1, -0.05) is 62.7 Å². The van der Waals surface area contributed by atoms with Crippen molar-refractivity contribution in [2.75, 3.05) is 13.2 Å². The Kier molecular flexibility index (Phi) is 6.61. The maximum absolute atomic E-state index is 5.98. The first-order valence-corrected chi connectivity index (χ1v) is 10.5. The Bertz CT molecular complexity index is 808. The van der Waals surface area contributed by atoms with Gasteiger partial charge < -0.3 is 4.90 Å². The van der Waals surface area contributed by atoms with Crippen LogP contribution in [0.3, 0.4) is 0 Å². The number of rotatable bonds is 7. The molecule has 0 fully saturated rings. The first-order valence-electron chi connectivity index (χ1n) is 10.1. The molecule has 28 heavy (non-hydrogen) atoms. The number of aryl methyl sites for hydroxylation is 1. The summed E-state index contributed by atoms with van der Waals surface area (Å²) in [5, 5.41) is 7.62. The Morgan fingerprint density at radius 2 is 1.79 bits per heavy atom. The summed E-state index contributed by atoms with van der Waals surface area (Å²) in [7, 11) is 0. The summed E-state index contributed by atoms with van der Waals surface area (Å²) in [6.45, 7) is 11.6. The minimum Gasteiger partial charge on any atom is -0.340 e. The second kappa shape index (κ2) is 8.95. The molecular formula is C23H31ClN4. The molecule has 4 nitrogen and oxygen atoms in total. The van der Waals surface area contributed by atoms with E-state index in [1.807, 2.05) is 18.2 Å². The van der Waals surface area contributed by atoms with E-state index in [0.29, 0.717) is 5.15 Å². The van der Waals surface area contributed by atoms with Crippen molar-refractivity contribution in [3.63, 3.8) is 0 Å². The third-order valence-corrected chi connectivity index (χ3v) is 5.34. The van der Waals surface area contributed by atoms with E-state index in [4.69, 9.17) is 16.7 Å². The molecule has 1 aliphatic heterocycles. The van der Waals surface area contributed by atoms with Gasteiger partial charge in [0.05, 0.1) is 6.54 Å². The van der Waals surface area contributed by atoms with Crippen molar-refractivity contribution in [1.29, 1.82) is 0 Å². The zero-order valence-electron chi connectivity index (χ0n) is 17.5. The van der Waals surface area contributed by atoms with Crippen molar-refractivity contribution in [3.8, 4) is 0 Å². The van der Waals surface area contributed by atoms with Crippen LogP contribution in [0.2, 0.25) is 5.15 Å². The van der Waals surface area contributed by atoms with Gasteiger partial charge in [-0.05, 0) is 48.4 Å². The van der Waals surface area contributed by atoms with E-state index in [2.05, 4.69) is 66.9 Å². The van der Waals surface area contributed by atoms with Crippen LogP contribution in [0.1, 0.15) is 57.4 Å². The van der Waals surface area contributed by atoms with E-state index in [-0.39, 0.29) is 5.41 Å². The van der Waals surface area contributed by atoms with E-state index in [0.717, 1.165) is 44.7 Å². The van der Waals surface area contributed by atoms with Gasteiger partial charge >= 0.3 is 0 Å². The maximum Gasteiger partial charge on any atom is 0.129 e. The fourth-order valence-electron chi connectivity index (χ4n) is 3.45. The standard InChI is InChI=1S/C23H31ClN4/c1-5-27-17-28(16-18-12-14-19(15-13-18)23(2,3)4)26-22(27)11-7-9-20-8-6-10-21(24)25-20/h6,8,10,12-15H,5,7,9,11,16-17H2,1-4H3. The number of hydrogen-bond donors (Lipinski definition) is 0. The maximum atomic E-state index is 5.98. The normalized spacial score (nSPS) is 14.5. The molecule has 1 aromatic carbocycles. The summed E-state index contributed by atoms with van der Waals surface area (Å²) >= 11 is 5.98. The molecule has 0 bridgehead atoms. The highest BCUT2D eigenvalue weighted by molar-refractivity contribution is 6.29. The Hall–Kier alpha value is -2.07. The number of hydrazone groups is 1. The van der Waals surface area contributed by atoms with Crippen molar-refractivity contribution in [2.24, 2.45) is 5.10 Å². The van der Waals surface area contributed by atoms with Gasteiger partial charge in [0.1, 0.15) is 17.7 Å². The minimum atomic E-state index is 0.189. The largest absolute Gasteiger partial charge is 0.340 e. The summed E-state index contributed by atoms with van der Waals surface area (Å²) < 4.78 is 0. The van der Waals surface area contributed by atoms with Crippen LogP contribution in [-0.2, 0) is 18.4 Å². The highest BCUT2D eigenvalue weighted by atomic mass is 35.5. The predicted molar refractivity (Wildman–Crippen MR) is 118 cm³/mol. The third kappa shape index (κ3) is 5.48. The lowest BCUT2D eigenvalue weighted by atomic mass is 9.87. The minimum absolute atomic E-state index is 0.189. The topological polar surface area (TPSA) is 31.7 Å². The van der Waals surface area contributed by atoms with Crippen molar-refractivity contribution in [2.45, 2.75) is 58.9 Å². The van der Waals surface area contributed by atoms with Crippen molar-refractivity contribution < 1.29 is 0 Å². The van der Waals surface area contributed by atoms with Crippen molar-refractivity contribution >= 4 is 17.4 Å². The number of pyridine rings is 1. The number of aromatic nitrogens is 1. The summed E-state index contributed by atoms with van der Waals surface area (Å²) in [6.07, 6.45) is 2.91. The van der Waals surface area contributed by atoms with Gasteiger partial charge in [-0.15, -0.1) is 0 Å². The molecule has 0 radical (unpaired) electrons. The van der Waals surface area contributed by atoms with E-state index in [1.54, 1.807) is 0 Å². The van der Waals surface area contributed by atoms with Crippen LogP contribution >= 0.6 is 11.6 Å². The van der Waals surface area contributed by atoms with Gasteiger partial charge in [0.2, 0.25) is 0 Å². The molecule has 0 saturated heterocycles. The number of benzene rings is 1. The number of nitrogens with zero attached hydrogens (tertiary/aromatic N) is 4. The number of amidine groups is 1. The lowest BCUT2D eigenvalue weighted by Crippen LogP contribution is -2.30. The van der Waals surface area contributed by atoms with Crippen LogP contribution in [0.25, 0.3) is 0 Å². The molecule has 0 saturated carbocycles. The highest BCUT2D eigenvalue weighted by Crippen LogP contribution is 2.23. The lowest BCUT2D eigenvalue weighted by Gasteiger charge is -2.21. The van der Waals surface area contributed by atoms with Gasteiger partial charge in [0.15, 0.2) is 0 Å². The smallest absolute Gasteiger partial charge is 0.129 e. The molecular weight excluding hydrogens is 368 g/mol. The Morgan fingerprint density at radius 1 is 1.04 bits per heavy atom. The second-order valence-electron chi connectivity index (χ2n) is 8.43. The Morgan fingerprint density at radius 3 is 2.43 bits per heavy atom. The summed E-state index contributed by atoms with van der Waals surface area (Å²) in [6, 6.07) is 14.8. The quantitative estimate of drug-likeness (QED) is 0.580. The SMILES string of the molecule is CCN1CN(Cc2ccc(C(C)(C)C)cc2)N=C1CCCc1cccc(Cl)n1. The zero-order valence-corrected chi connectivity index (χ0v) is 18.2. The summed E-state index contributed by atoms with van der Waals surface area (Å²) in [4.78, 5) is 6.73. The molecule has 0 unspecified atom stereocenters. The molecule has 5 heteroatoms. The molecule has 0 amide bonds.